The van der Waals surface area contributed by atoms with Crippen molar-refractivity contribution in [1.82, 2.24) is 10.5 Å². The number of aromatic nitrogens is 1. The number of hydroxylamine groups is 1. The Morgan fingerprint density at radius 2 is 2.18 bits per heavy atom. The van der Waals surface area contributed by atoms with Crippen LogP contribution in [-0.2, 0) is 4.84 Å². The van der Waals surface area contributed by atoms with Crippen molar-refractivity contribution >= 4 is 50.8 Å². The van der Waals surface area contributed by atoms with Gasteiger partial charge in [0.2, 0.25) is 5.76 Å². The number of nitrogens with one attached hydrogen (secondary N) is 2. The van der Waals surface area contributed by atoms with Crippen LogP contribution in [0.15, 0.2) is 41.1 Å². The van der Waals surface area contributed by atoms with Crippen molar-refractivity contribution in [2.24, 2.45) is 0 Å². The molecule has 0 aliphatic rings. The summed E-state index contributed by atoms with van der Waals surface area (Å²) in [7, 11) is 0. The maximum absolute atomic E-state index is 14.3. The van der Waals surface area contributed by atoms with Crippen molar-refractivity contribution in [3.05, 3.63) is 51.8 Å². The quantitative estimate of drug-likeness (QED) is 0.334. The van der Waals surface area contributed by atoms with E-state index in [-0.39, 0.29) is 23.7 Å². The van der Waals surface area contributed by atoms with E-state index in [1.165, 1.54) is 18.5 Å². The Kier molecular flexibility index (Phi) is 6.16. The molecule has 0 unspecified atom stereocenters. The van der Waals surface area contributed by atoms with Gasteiger partial charge in [-0.15, -0.1) is 0 Å². The molecule has 2 heterocycles. The number of fused-ring (bicyclic) bond motifs is 1. The number of benzene rings is 1. The number of aliphatic hydroxyl groups excluding tert-OH is 1. The Labute approximate surface area is 174 Å². The first-order valence-electron chi connectivity index (χ1n) is 8.48. The Bertz CT molecular complexity index is 1010. The Balaban J connectivity index is 1.94. The van der Waals surface area contributed by atoms with Crippen LogP contribution in [0.2, 0.25) is 0 Å². The first kappa shape index (κ1) is 20.5. The van der Waals surface area contributed by atoms with Crippen LogP contribution in [-0.4, -0.2) is 28.2 Å². The lowest BCUT2D eigenvalue weighted by molar-refractivity contribution is -0.0811. The van der Waals surface area contributed by atoms with Gasteiger partial charge in [0.05, 0.1) is 16.7 Å². The third-order valence-corrected chi connectivity index (χ3v) is 4.69. The van der Waals surface area contributed by atoms with Gasteiger partial charge in [-0.2, -0.15) is 0 Å². The standard InChI is InChI=1S/C19H19FIN3O4/c1-19(2,6-8-25)28-24-18(26)17-16(12-10-22-7-5-15(12)27-17)23-14-4-3-11(21)9-13(14)20/h3-5,7,9-10,23,25H,6,8H2,1-2H3,(H,24,26). The van der Waals surface area contributed by atoms with Crippen molar-refractivity contribution in [1.29, 1.82) is 0 Å². The van der Waals surface area contributed by atoms with Crippen molar-refractivity contribution in [2.45, 2.75) is 25.9 Å². The van der Waals surface area contributed by atoms with E-state index in [1.54, 1.807) is 32.0 Å². The van der Waals surface area contributed by atoms with Crippen LogP contribution in [0.4, 0.5) is 15.8 Å². The van der Waals surface area contributed by atoms with Crippen molar-refractivity contribution in [2.75, 3.05) is 11.9 Å². The Morgan fingerprint density at radius 1 is 1.39 bits per heavy atom. The topological polar surface area (TPSA) is 96.6 Å². The minimum atomic E-state index is -0.770. The lowest BCUT2D eigenvalue weighted by atomic mass is 10.1. The molecule has 28 heavy (non-hydrogen) atoms. The normalized spacial score (nSPS) is 11.6. The number of amides is 1. The van der Waals surface area contributed by atoms with Gasteiger partial charge in [-0.3, -0.25) is 14.6 Å². The Hall–Kier alpha value is -2.24. The van der Waals surface area contributed by atoms with Gasteiger partial charge in [-0.05, 0) is 60.7 Å². The van der Waals surface area contributed by atoms with Gasteiger partial charge in [-0.25, -0.2) is 9.87 Å². The lowest BCUT2D eigenvalue weighted by Crippen LogP contribution is -2.36. The molecule has 7 nitrogen and oxygen atoms in total. The summed E-state index contributed by atoms with van der Waals surface area (Å²) in [5.41, 5.74) is 2.46. The fraction of sp³-hybridized carbons (Fsp3) is 0.263. The van der Waals surface area contributed by atoms with E-state index in [0.29, 0.717) is 17.4 Å². The molecule has 0 aliphatic heterocycles. The molecule has 9 heteroatoms. The van der Waals surface area contributed by atoms with Crippen LogP contribution in [0, 0.1) is 9.39 Å². The molecule has 3 aromatic rings. The summed E-state index contributed by atoms with van der Waals surface area (Å²) in [6.07, 6.45) is 3.39. The average Bonchev–Trinajstić information content (AvgIpc) is 3.01. The minimum absolute atomic E-state index is 0.0688. The lowest BCUT2D eigenvalue weighted by Gasteiger charge is -2.23. The first-order chi connectivity index (χ1) is 13.3. The molecule has 1 aromatic carbocycles. The molecule has 0 saturated carbocycles. The molecule has 0 radical (unpaired) electrons. The smallest absolute Gasteiger partial charge is 0.312 e. The molecular formula is C19H19FIN3O4. The van der Waals surface area contributed by atoms with E-state index in [4.69, 9.17) is 14.4 Å². The number of aliphatic hydroxyl groups is 1. The number of pyridine rings is 1. The molecule has 3 rings (SSSR count). The number of nitrogens with zero attached hydrogens (tertiary/aromatic N) is 1. The first-order valence-corrected chi connectivity index (χ1v) is 9.56. The van der Waals surface area contributed by atoms with Gasteiger partial charge in [0.1, 0.15) is 17.1 Å². The molecule has 0 bridgehead atoms. The predicted octanol–water partition coefficient (Wildman–Crippen LogP) is 4.14. The van der Waals surface area contributed by atoms with E-state index in [1.807, 2.05) is 22.6 Å². The van der Waals surface area contributed by atoms with Gasteiger partial charge in [0.25, 0.3) is 0 Å². The number of rotatable bonds is 7. The molecule has 0 aliphatic carbocycles. The van der Waals surface area contributed by atoms with Crippen molar-refractivity contribution < 1.29 is 23.5 Å². The van der Waals surface area contributed by atoms with Crippen molar-refractivity contribution in [3.63, 3.8) is 0 Å². The third kappa shape index (κ3) is 4.59. The molecule has 0 atom stereocenters. The number of carbonyl (C=O) groups excluding carboxylic acids is 1. The number of hydrogen-bond donors (Lipinski definition) is 3. The summed E-state index contributed by atoms with van der Waals surface area (Å²) >= 11 is 2.01. The van der Waals surface area contributed by atoms with E-state index >= 15 is 0 Å². The second kappa shape index (κ2) is 8.41. The third-order valence-electron chi connectivity index (χ3n) is 4.02. The number of carbonyl (C=O) groups is 1. The molecular weight excluding hydrogens is 480 g/mol. The highest BCUT2D eigenvalue weighted by Gasteiger charge is 2.25. The molecule has 0 spiro atoms. The summed E-state index contributed by atoms with van der Waals surface area (Å²) in [6.45, 7) is 3.37. The largest absolute Gasteiger partial charge is 0.448 e. The Morgan fingerprint density at radius 3 is 2.89 bits per heavy atom. The fourth-order valence-electron chi connectivity index (χ4n) is 2.50. The average molecular weight is 499 g/mol. The summed E-state index contributed by atoms with van der Waals surface area (Å²) in [4.78, 5) is 22.1. The van der Waals surface area contributed by atoms with E-state index in [0.717, 1.165) is 3.57 Å². The molecule has 0 saturated heterocycles. The number of anilines is 2. The number of halogens is 2. The predicted molar refractivity (Wildman–Crippen MR) is 111 cm³/mol. The summed E-state index contributed by atoms with van der Waals surface area (Å²) in [6, 6.07) is 6.31. The van der Waals surface area contributed by atoms with Gasteiger partial charge in [0, 0.05) is 29.0 Å². The van der Waals surface area contributed by atoms with E-state index < -0.39 is 17.3 Å². The minimum Gasteiger partial charge on any atom is -0.448 e. The van der Waals surface area contributed by atoms with Crippen LogP contribution in [0.3, 0.4) is 0 Å². The second-order valence-corrected chi connectivity index (χ2v) is 7.94. The fourth-order valence-corrected chi connectivity index (χ4v) is 2.96. The zero-order valence-electron chi connectivity index (χ0n) is 15.3. The molecule has 2 aromatic heterocycles. The molecule has 148 valence electrons. The summed E-state index contributed by atoms with van der Waals surface area (Å²) in [5, 5.41) is 12.5. The molecule has 0 fully saturated rings. The summed E-state index contributed by atoms with van der Waals surface area (Å²) < 4.78 is 20.7. The van der Waals surface area contributed by atoms with Crippen LogP contribution < -0.4 is 10.8 Å². The number of furan rings is 1. The van der Waals surface area contributed by atoms with Crippen LogP contribution in [0.25, 0.3) is 11.0 Å². The van der Waals surface area contributed by atoms with Gasteiger partial charge in [-0.1, -0.05) is 0 Å². The van der Waals surface area contributed by atoms with Gasteiger partial charge < -0.3 is 14.8 Å². The van der Waals surface area contributed by atoms with E-state index in [9.17, 15) is 9.18 Å². The van der Waals surface area contributed by atoms with Crippen LogP contribution in [0.1, 0.15) is 30.8 Å². The number of hydrogen-bond acceptors (Lipinski definition) is 6. The summed E-state index contributed by atoms with van der Waals surface area (Å²) in [5.74, 6) is -1.17. The highest BCUT2D eigenvalue weighted by atomic mass is 127. The SMILES string of the molecule is CC(C)(CCO)ONC(=O)c1oc2ccncc2c1Nc1ccc(I)cc1F. The molecule has 3 N–H and O–H groups in total. The maximum atomic E-state index is 14.3. The van der Waals surface area contributed by atoms with Gasteiger partial charge >= 0.3 is 5.91 Å². The highest BCUT2D eigenvalue weighted by Crippen LogP contribution is 2.33. The van der Waals surface area contributed by atoms with Gasteiger partial charge in [0.15, 0.2) is 0 Å². The zero-order valence-corrected chi connectivity index (χ0v) is 17.4. The van der Waals surface area contributed by atoms with Crippen LogP contribution >= 0.6 is 22.6 Å². The van der Waals surface area contributed by atoms with Crippen molar-refractivity contribution in [3.8, 4) is 0 Å². The monoisotopic (exact) mass is 499 g/mol. The van der Waals surface area contributed by atoms with Crippen LogP contribution in [0.5, 0.6) is 0 Å². The maximum Gasteiger partial charge on any atom is 0.312 e. The van der Waals surface area contributed by atoms with E-state index in [2.05, 4.69) is 15.8 Å². The highest BCUT2D eigenvalue weighted by molar-refractivity contribution is 14.1. The second-order valence-electron chi connectivity index (χ2n) is 6.69. The molecule has 1 amide bonds. The zero-order chi connectivity index (χ0) is 20.3.